The maximum absolute atomic E-state index is 12.3. The van der Waals surface area contributed by atoms with E-state index in [2.05, 4.69) is 21.2 Å². The van der Waals surface area contributed by atoms with Gasteiger partial charge in [0, 0.05) is 11.0 Å². The van der Waals surface area contributed by atoms with Crippen LogP contribution in [0.2, 0.25) is 0 Å². The van der Waals surface area contributed by atoms with Crippen molar-refractivity contribution >= 4 is 27.8 Å². The molecule has 1 saturated carbocycles. The van der Waals surface area contributed by atoms with Gasteiger partial charge >= 0.3 is 5.97 Å². The van der Waals surface area contributed by atoms with E-state index >= 15 is 0 Å². The molecule has 3 unspecified atom stereocenters. The van der Waals surface area contributed by atoms with Gasteiger partial charge in [-0.25, -0.2) is 0 Å². The van der Waals surface area contributed by atoms with Gasteiger partial charge in [-0.15, -0.1) is 0 Å². The lowest BCUT2D eigenvalue weighted by Gasteiger charge is -2.15. The second-order valence-corrected chi connectivity index (χ2v) is 6.56. The van der Waals surface area contributed by atoms with Crippen molar-refractivity contribution in [3.63, 3.8) is 0 Å². The van der Waals surface area contributed by atoms with E-state index in [0.29, 0.717) is 25.3 Å². The van der Waals surface area contributed by atoms with Gasteiger partial charge in [0.1, 0.15) is 0 Å². The van der Waals surface area contributed by atoms with E-state index in [9.17, 15) is 14.7 Å². The van der Waals surface area contributed by atoms with Crippen LogP contribution in [-0.4, -0.2) is 17.0 Å². The Morgan fingerprint density at radius 2 is 1.86 bits per heavy atom. The highest BCUT2D eigenvalue weighted by Gasteiger charge is 2.41. The average Bonchev–Trinajstić information content (AvgIpc) is 2.91. The summed E-state index contributed by atoms with van der Waals surface area (Å²) in [6.07, 6.45) is 2.22. The molecule has 0 aromatic heterocycles. The van der Waals surface area contributed by atoms with Crippen LogP contribution < -0.4 is 5.32 Å². The van der Waals surface area contributed by atoms with Crippen LogP contribution in [0.1, 0.15) is 31.7 Å². The van der Waals surface area contributed by atoms with Gasteiger partial charge in [0.2, 0.25) is 5.91 Å². The highest BCUT2D eigenvalue weighted by Crippen LogP contribution is 2.38. The molecule has 21 heavy (non-hydrogen) atoms. The minimum atomic E-state index is -0.852. The van der Waals surface area contributed by atoms with Crippen molar-refractivity contribution in [3.05, 3.63) is 34.3 Å². The van der Waals surface area contributed by atoms with Gasteiger partial charge in [-0.3, -0.25) is 9.59 Å². The zero-order valence-electron chi connectivity index (χ0n) is 12.0. The number of hydrogen-bond acceptors (Lipinski definition) is 2. The van der Waals surface area contributed by atoms with Crippen LogP contribution in [0.25, 0.3) is 0 Å². The minimum absolute atomic E-state index is 0.138. The van der Waals surface area contributed by atoms with Crippen molar-refractivity contribution in [1.29, 1.82) is 0 Å². The van der Waals surface area contributed by atoms with Gasteiger partial charge in [-0.1, -0.05) is 41.4 Å². The Morgan fingerprint density at radius 3 is 2.43 bits per heavy atom. The van der Waals surface area contributed by atoms with Crippen LogP contribution in [0.3, 0.4) is 0 Å². The van der Waals surface area contributed by atoms with Crippen LogP contribution in [0.4, 0.5) is 0 Å². The number of nitrogens with one attached hydrogen (secondary N) is 1. The summed E-state index contributed by atoms with van der Waals surface area (Å²) in [4.78, 5) is 23.6. The first-order valence-corrected chi connectivity index (χ1v) is 8.05. The van der Waals surface area contributed by atoms with E-state index in [1.54, 1.807) is 0 Å². The zero-order chi connectivity index (χ0) is 15.4. The Bertz CT molecular complexity index is 515. The summed E-state index contributed by atoms with van der Waals surface area (Å²) in [5.41, 5.74) is 1.00. The fourth-order valence-corrected chi connectivity index (χ4v) is 3.23. The maximum Gasteiger partial charge on any atom is 0.307 e. The standard InChI is InChI=1S/C16H20BrNO3/c1-2-10-7-13(14(8-10)16(20)21)15(19)18-9-11-3-5-12(17)6-4-11/h3-6,10,13-14H,2,7-9H2,1H3,(H,18,19)(H,20,21). The normalized spacial score (nSPS) is 24.8. The Hall–Kier alpha value is -1.36. The minimum Gasteiger partial charge on any atom is -0.481 e. The number of amides is 1. The quantitative estimate of drug-likeness (QED) is 0.853. The van der Waals surface area contributed by atoms with E-state index in [1.165, 1.54) is 0 Å². The second-order valence-electron chi connectivity index (χ2n) is 5.64. The third kappa shape index (κ3) is 4.06. The van der Waals surface area contributed by atoms with Crippen LogP contribution in [0.15, 0.2) is 28.7 Å². The van der Waals surface area contributed by atoms with Crippen molar-refractivity contribution in [2.45, 2.75) is 32.7 Å². The van der Waals surface area contributed by atoms with Gasteiger partial charge < -0.3 is 10.4 Å². The first-order valence-electron chi connectivity index (χ1n) is 7.26. The van der Waals surface area contributed by atoms with Crippen LogP contribution in [-0.2, 0) is 16.1 Å². The van der Waals surface area contributed by atoms with Crippen molar-refractivity contribution in [2.24, 2.45) is 17.8 Å². The number of benzene rings is 1. The van der Waals surface area contributed by atoms with E-state index in [0.717, 1.165) is 16.5 Å². The summed E-state index contributed by atoms with van der Waals surface area (Å²) >= 11 is 3.37. The molecule has 0 heterocycles. The van der Waals surface area contributed by atoms with Crippen molar-refractivity contribution in [2.75, 3.05) is 0 Å². The Kier molecular flexibility index (Phi) is 5.39. The fourth-order valence-electron chi connectivity index (χ4n) is 2.96. The molecule has 0 bridgehead atoms. The highest BCUT2D eigenvalue weighted by atomic mass is 79.9. The largest absolute Gasteiger partial charge is 0.481 e. The maximum atomic E-state index is 12.3. The lowest BCUT2D eigenvalue weighted by atomic mass is 9.95. The molecule has 4 nitrogen and oxygen atoms in total. The summed E-state index contributed by atoms with van der Waals surface area (Å²) in [5.74, 6) is -1.59. The van der Waals surface area contributed by atoms with Crippen molar-refractivity contribution < 1.29 is 14.7 Å². The lowest BCUT2D eigenvalue weighted by Crippen LogP contribution is -2.34. The summed E-state index contributed by atoms with van der Waals surface area (Å²) < 4.78 is 0.991. The van der Waals surface area contributed by atoms with Crippen LogP contribution >= 0.6 is 15.9 Å². The molecular weight excluding hydrogens is 334 g/mol. The number of carboxylic acids is 1. The van der Waals surface area contributed by atoms with E-state index in [1.807, 2.05) is 31.2 Å². The molecule has 1 aliphatic carbocycles. The molecule has 0 saturated heterocycles. The van der Waals surface area contributed by atoms with E-state index in [4.69, 9.17) is 0 Å². The number of rotatable bonds is 5. The molecule has 114 valence electrons. The molecule has 0 spiro atoms. The van der Waals surface area contributed by atoms with Crippen molar-refractivity contribution in [1.82, 2.24) is 5.32 Å². The number of aliphatic carboxylic acids is 1. The van der Waals surface area contributed by atoms with E-state index < -0.39 is 17.8 Å². The molecule has 0 aliphatic heterocycles. The monoisotopic (exact) mass is 353 g/mol. The third-order valence-electron chi connectivity index (χ3n) is 4.27. The molecule has 0 radical (unpaired) electrons. The molecule has 1 amide bonds. The summed E-state index contributed by atoms with van der Waals surface area (Å²) in [7, 11) is 0. The fraction of sp³-hybridized carbons (Fsp3) is 0.500. The molecule has 1 fully saturated rings. The highest BCUT2D eigenvalue weighted by molar-refractivity contribution is 9.10. The van der Waals surface area contributed by atoms with Crippen LogP contribution in [0.5, 0.6) is 0 Å². The van der Waals surface area contributed by atoms with Crippen LogP contribution in [0, 0.1) is 17.8 Å². The van der Waals surface area contributed by atoms with Gasteiger partial charge in [0.15, 0.2) is 0 Å². The lowest BCUT2D eigenvalue weighted by molar-refractivity contribution is -0.146. The average molecular weight is 354 g/mol. The third-order valence-corrected chi connectivity index (χ3v) is 4.80. The zero-order valence-corrected chi connectivity index (χ0v) is 13.6. The SMILES string of the molecule is CCC1CC(C(=O)O)C(C(=O)NCc2ccc(Br)cc2)C1. The first-order chi connectivity index (χ1) is 10.0. The molecule has 2 rings (SSSR count). The molecule has 1 aromatic rings. The molecule has 1 aliphatic rings. The number of carboxylic acid groups (broad SMARTS) is 1. The number of carbonyl (C=O) groups is 2. The predicted octanol–water partition coefficient (Wildman–Crippen LogP) is 3.20. The van der Waals surface area contributed by atoms with Gasteiger partial charge in [0.25, 0.3) is 0 Å². The number of halogens is 1. The second kappa shape index (κ2) is 7.07. The van der Waals surface area contributed by atoms with Gasteiger partial charge in [-0.05, 0) is 36.5 Å². The number of hydrogen-bond donors (Lipinski definition) is 2. The summed E-state index contributed by atoms with van der Waals surface area (Å²) in [6.45, 7) is 2.48. The number of carbonyl (C=O) groups excluding carboxylic acids is 1. The first kappa shape index (κ1) is 16.0. The Balaban J connectivity index is 1.95. The molecular formula is C16H20BrNO3. The van der Waals surface area contributed by atoms with Crippen molar-refractivity contribution in [3.8, 4) is 0 Å². The summed E-state index contributed by atoms with van der Waals surface area (Å²) in [6, 6.07) is 7.71. The van der Waals surface area contributed by atoms with Gasteiger partial charge in [-0.2, -0.15) is 0 Å². The topological polar surface area (TPSA) is 66.4 Å². The van der Waals surface area contributed by atoms with E-state index in [-0.39, 0.29) is 5.91 Å². The molecule has 1 aromatic carbocycles. The molecule has 3 atom stereocenters. The smallest absolute Gasteiger partial charge is 0.307 e. The predicted molar refractivity (Wildman–Crippen MR) is 83.6 cm³/mol. The molecule has 2 N–H and O–H groups in total. The molecule has 5 heteroatoms. The van der Waals surface area contributed by atoms with Gasteiger partial charge in [0.05, 0.1) is 11.8 Å². The summed E-state index contributed by atoms with van der Waals surface area (Å²) in [5, 5.41) is 12.1. The Morgan fingerprint density at radius 1 is 1.24 bits per heavy atom. The Labute approximate surface area is 133 Å².